The van der Waals surface area contributed by atoms with Gasteiger partial charge in [0.05, 0.1) is 0 Å². The van der Waals surface area contributed by atoms with Crippen LogP contribution in [0, 0.1) is 0 Å². The van der Waals surface area contributed by atoms with E-state index in [1.165, 1.54) is 22.7 Å². The minimum Gasteiger partial charge on any atom is -0.326 e. The van der Waals surface area contributed by atoms with Crippen molar-refractivity contribution in [3.63, 3.8) is 0 Å². The van der Waals surface area contributed by atoms with Gasteiger partial charge in [0.2, 0.25) is 9.84 Å². The standard InChI is InChI=1S/C9H9NO2S3.ClH/c10-6-7-3-4-9(14-7)15(11,12)8-2-1-5-13-8;/h1-5H,6,10H2;1H. The van der Waals surface area contributed by atoms with Gasteiger partial charge in [-0.1, -0.05) is 6.07 Å². The third-order valence-corrected chi connectivity index (χ3v) is 6.61. The number of rotatable bonds is 3. The van der Waals surface area contributed by atoms with Gasteiger partial charge in [-0.25, -0.2) is 8.42 Å². The summed E-state index contributed by atoms with van der Waals surface area (Å²) in [6.45, 7) is 0.380. The van der Waals surface area contributed by atoms with Crippen molar-refractivity contribution in [2.24, 2.45) is 5.73 Å². The molecule has 16 heavy (non-hydrogen) atoms. The van der Waals surface area contributed by atoms with E-state index in [4.69, 9.17) is 5.73 Å². The molecule has 2 rings (SSSR count). The fourth-order valence-electron chi connectivity index (χ4n) is 1.13. The summed E-state index contributed by atoms with van der Waals surface area (Å²) in [5, 5.41) is 1.75. The second-order valence-corrected chi connectivity index (χ2v) is 7.38. The maximum atomic E-state index is 12.0. The zero-order chi connectivity index (χ0) is 10.9. The number of nitrogens with two attached hydrogens (primary N) is 1. The molecule has 0 saturated heterocycles. The van der Waals surface area contributed by atoms with Crippen LogP contribution in [0.5, 0.6) is 0 Å². The van der Waals surface area contributed by atoms with Crippen molar-refractivity contribution in [1.29, 1.82) is 0 Å². The number of halogens is 1. The number of sulfone groups is 1. The van der Waals surface area contributed by atoms with Crippen LogP contribution in [0.2, 0.25) is 0 Å². The lowest BCUT2D eigenvalue weighted by molar-refractivity contribution is 0.600. The smallest absolute Gasteiger partial charge is 0.225 e. The Kier molecular flexibility index (Phi) is 4.52. The molecule has 2 aromatic rings. The van der Waals surface area contributed by atoms with E-state index in [0.29, 0.717) is 15.0 Å². The zero-order valence-corrected chi connectivity index (χ0v) is 11.4. The summed E-state index contributed by atoms with van der Waals surface area (Å²) < 4.78 is 24.8. The first-order valence-corrected chi connectivity index (χ1v) is 7.40. The van der Waals surface area contributed by atoms with E-state index in [2.05, 4.69) is 0 Å². The van der Waals surface area contributed by atoms with E-state index < -0.39 is 9.84 Å². The van der Waals surface area contributed by atoms with Gasteiger partial charge in [0.25, 0.3) is 0 Å². The molecular weight excluding hydrogens is 286 g/mol. The van der Waals surface area contributed by atoms with Crippen molar-refractivity contribution >= 4 is 44.9 Å². The second kappa shape index (κ2) is 5.29. The summed E-state index contributed by atoms with van der Waals surface area (Å²) in [7, 11) is -3.30. The highest BCUT2D eigenvalue weighted by molar-refractivity contribution is 7.95. The van der Waals surface area contributed by atoms with Crippen molar-refractivity contribution in [3.8, 4) is 0 Å². The molecule has 0 amide bonds. The fourth-order valence-corrected chi connectivity index (χ4v) is 5.02. The van der Waals surface area contributed by atoms with Crippen molar-refractivity contribution in [2.75, 3.05) is 0 Å². The first kappa shape index (κ1) is 13.7. The lowest BCUT2D eigenvalue weighted by Crippen LogP contribution is -1.96. The lowest BCUT2D eigenvalue weighted by Gasteiger charge is -1.96. The normalized spacial score (nSPS) is 11.1. The maximum Gasteiger partial charge on any atom is 0.225 e. The Morgan fingerprint density at radius 2 is 1.94 bits per heavy atom. The third-order valence-electron chi connectivity index (χ3n) is 1.86. The highest BCUT2D eigenvalue weighted by Crippen LogP contribution is 2.29. The summed E-state index contributed by atoms with van der Waals surface area (Å²) >= 11 is 2.46. The largest absolute Gasteiger partial charge is 0.326 e. The SMILES string of the molecule is Cl.NCc1ccc(S(=O)(=O)c2cccs2)s1. The fraction of sp³-hybridized carbons (Fsp3) is 0.111. The average molecular weight is 296 g/mol. The predicted octanol–water partition coefficient (Wildman–Crippen LogP) is 2.52. The van der Waals surface area contributed by atoms with Gasteiger partial charge in [-0.2, -0.15) is 0 Å². The lowest BCUT2D eigenvalue weighted by atomic mass is 10.5. The Bertz CT molecular complexity index is 545. The van der Waals surface area contributed by atoms with Gasteiger partial charge in [-0.3, -0.25) is 0 Å². The average Bonchev–Trinajstić information content (AvgIpc) is 2.89. The molecule has 0 aliphatic carbocycles. The Morgan fingerprint density at radius 3 is 2.44 bits per heavy atom. The van der Waals surface area contributed by atoms with E-state index in [0.717, 1.165) is 4.88 Å². The first-order valence-electron chi connectivity index (χ1n) is 4.22. The van der Waals surface area contributed by atoms with Crippen LogP contribution in [0.4, 0.5) is 0 Å². The number of thiophene rings is 2. The molecule has 2 N–H and O–H groups in total. The molecule has 0 bridgehead atoms. The molecule has 3 nitrogen and oxygen atoms in total. The van der Waals surface area contributed by atoms with Gasteiger partial charge in [-0.15, -0.1) is 35.1 Å². The van der Waals surface area contributed by atoms with Crippen LogP contribution in [-0.2, 0) is 16.4 Å². The van der Waals surface area contributed by atoms with Crippen LogP contribution in [0.25, 0.3) is 0 Å². The minimum absolute atomic E-state index is 0. The topological polar surface area (TPSA) is 60.2 Å². The summed E-state index contributed by atoms with van der Waals surface area (Å²) in [6.07, 6.45) is 0. The quantitative estimate of drug-likeness (QED) is 0.946. The van der Waals surface area contributed by atoms with E-state index in [1.807, 2.05) is 0 Å². The van der Waals surface area contributed by atoms with Crippen molar-refractivity contribution in [3.05, 3.63) is 34.5 Å². The molecular formula is C9H10ClNO2S3. The van der Waals surface area contributed by atoms with Crippen molar-refractivity contribution in [2.45, 2.75) is 15.0 Å². The van der Waals surface area contributed by atoms with Crippen LogP contribution in [0.3, 0.4) is 0 Å². The van der Waals surface area contributed by atoms with Gasteiger partial charge in [0, 0.05) is 11.4 Å². The van der Waals surface area contributed by atoms with Gasteiger partial charge in [0.15, 0.2) is 0 Å². The Labute approximate surface area is 108 Å². The molecule has 2 heterocycles. The van der Waals surface area contributed by atoms with Gasteiger partial charge >= 0.3 is 0 Å². The van der Waals surface area contributed by atoms with Crippen LogP contribution in [0.1, 0.15) is 4.88 Å². The molecule has 88 valence electrons. The summed E-state index contributed by atoms with van der Waals surface area (Å²) in [5.41, 5.74) is 5.44. The molecule has 0 atom stereocenters. The molecule has 2 aromatic heterocycles. The molecule has 0 radical (unpaired) electrons. The summed E-state index contributed by atoms with van der Waals surface area (Å²) in [5.74, 6) is 0. The summed E-state index contributed by atoms with van der Waals surface area (Å²) in [4.78, 5) is 0.880. The monoisotopic (exact) mass is 295 g/mol. The van der Waals surface area contributed by atoms with Crippen molar-refractivity contribution in [1.82, 2.24) is 0 Å². The first-order chi connectivity index (χ1) is 7.14. The maximum absolute atomic E-state index is 12.0. The molecule has 0 fully saturated rings. The van der Waals surface area contributed by atoms with Crippen LogP contribution >= 0.6 is 35.1 Å². The molecule has 0 aliphatic rings. The molecule has 0 saturated carbocycles. The third kappa shape index (κ3) is 2.46. The summed E-state index contributed by atoms with van der Waals surface area (Å²) in [6, 6.07) is 6.71. The van der Waals surface area contributed by atoms with Crippen LogP contribution in [-0.4, -0.2) is 8.42 Å². The van der Waals surface area contributed by atoms with Crippen LogP contribution < -0.4 is 5.73 Å². The zero-order valence-electron chi connectivity index (χ0n) is 8.12. The Morgan fingerprint density at radius 1 is 1.19 bits per heavy atom. The van der Waals surface area contributed by atoms with E-state index in [-0.39, 0.29) is 12.4 Å². The van der Waals surface area contributed by atoms with Gasteiger partial charge in [-0.05, 0) is 23.6 Å². The van der Waals surface area contributed by atoms with E-state index in [1.54, 1.807) is 29.6 Å². The predicted molar refractivity (Wildman–Crippen MR) is 69.2 cm³/mol. The number of hydrogen-bond donors (Lipinski definition) is 1. The van der Waals surface area contributed by atoms with E-state index >= 15 is 0 Å². The van der Waals surface area contributed by atoms with Gasteiger partial charge in [0.1, 0.15) is 8.42 Å². The Hall–Kier alpha value is -0.400. The van der Waals surface area contributed by atoms with Crippen molar-refractivity contribution < 1.29 is 8.42 Å². The van der Waals surface area contributed by atoms with Gasteiger partial charge < -0.3 is 5.73 Å². The van der Waals surface area contributed by atoms with Crippen LogP contribution in [0.15, 0.2) is 38.1 Å². The highest BCUT2D eigenvalue weighted by atomic mass is 35.5. The molecule has 0 spiro atoms. The minimum atomic E-state index is -3.30. The van der Waals surface area contributed by atoms with E-state index in [9.17, 15) is 8.42 Å². The Balaban J connectivity index is 0.00000128. The molecule has 0 aromatic carbocycles. The molecule has 0 aliphatic heterocycles. The highest BCUT2D eigenvalue weighted by Gasteiger charge is 2.20. The second-order valence-electron chi connectivity index (χ2n) is 2.86. The number of hydrogen-bond acceptors (Lipinski definition) is 5. The molecule has 0 unspecified atom stereocenters. The molecule has 7 heteroatoms.